The molecule has 0 radical (unpaired) electrons. The number of rotatable bonds is 5. The van der Waals surface area contributed by atoms with E-state index in [-0.39, 0.29) is 12.1 Å². The summed E-state index contributed by atoms with van der Waals surface area (Å²) in [6.45, 7) is 1.83. The van der Waals surface area contributed by atoms with E-state index in [9.17, 15) is 4.79 Å². The Labute approximate surface area is 146 Å². The Morgan fingerprint density at radius 2 is 1.92 bits per heavy atom. The van der Waals surface area contributed by atoms with Gasteiger partial charge in [0.1, 0.15) is 11.9 Å². The third kappa shape index (κ3) is 4.23. The van der Waals surface area contributed by atoms with Gasteiger partial charge in [0.05, 0.1) is 7.11 Å². The van der Waals surface area contributed by atoms with Crippen LogP contribution in [0.3, 0.4) is 0 Å². The molecule has 0 aliphatic carbocycles. The molecular weight excluding hydrogens is 314 g/mol. The second-order valence-electron chi connectivity index (χ2n) is 5.67. The summed E-state index contributed by atoms with van der Waals surface area (Å²) in [4.78, 5) is 16.0. The van der Waals surface area contributed by atoms with Crippen molar-refractivity contribution in [2.75, 3.05) is 7.11 Å². The second kappa shape index (κ2) is 7.62. The molecule has 3 aromatic rings. The highest BCUT2D eigenvalue weighted by atomic mass is 16.5. The van der Waals surface area contributed by atoms with Crippen molar-refractivity contribution >= 4 is 22.8 Å². The van der Waals surface area contributed by atoms with E-state index >= 15 is 0 Å². The Balaban J connectivity index is 1.68. The molecule has 0 fully saturated rings. The van der Waals surface area contributed by atoms with Crippen LogP contribution in [0.15, 0.2) is 67.0 Å². The van der Waals surface area contributed by atoms with Crippen LogP contribution in [0.1, 0.15) is 24.2 Å². The number of benzene rings is 2. The van der Waals surface area contributed by atoms with Gasteiger partial charge in [0.2, 0.25) is 0 Å². The number of ether oxygens (including phenoxy) is 2. The first-order chi connectivity index (χ1) is 12.2. The van der Waals surface area contributed by atoms with E-state index in [4.69, 9.17) is 9.47 Å². The highest BCUT2D eigenvalue weighted by molar-refractivity contribution is 5.90. The number of nitrogens with zero attached hydrogens (tertiary/aromatic N) is 1. The zero-order valence-corrected chi connectivity index (χ0v) is 14.2. The Kier molecular flexibility index (Phi) is 5.09. The molecule has 0 aliphatic rings. The Bertz CT molecular complexity index is 903. The highest BCUT2D eigenvalue weighted by Crippen LogP contribution is 2.22. The van der Waals surface area contributed by atoms with Crippen LogP contribution >= 0.6 is 0 Å². The van der Waals surface area contributed by atoms with Gasteiger partial charge in [-0.15, -0.1) is 0 Å². The SMILES string of the molecule is COc1ccc2cc(/C=C/C(=O)OC(C)c3cccnc3)ccc2c1. The number of carbonyl (C=O) groups is 1. The van der Waals surface area contributed by atoms with Gasteiger partial charge in [-0.25, -0.2) is 4.79 Å². The van der Waals surface area contributed by atoms with Gasteiger partial charge in [0.25, 0.3) is 0 Å². The Hall–Kier alpha value is -3.14. The highest BCUT2D eigenvalue weighted by Gasteiger charge is 2.09. The molecule has 1 atom stereocenters. The van der Waals surface area contributed by atoms with E-state index in [1.54, 1.807) is 25.6 Å². The fraction of sp³-hybridized carbons (Fsp3) is 0.143. The molecule has 0 saturated carbocycles. The zero-order chi connectivity index (χ0) is 17.6. The third-order valence-corrected chi connectivity index (χ3v) is 3.93. The molecule has 1 heterocycles. The Morgan fingerprint density at radius 3 is 2.68 bits per heavy atom. The molecule has 0 N–H and O–H groups in total. The van der Waals surface area contributed by atoms with Gasteiger partial charge < -0.3 is 9.47 Å². The lowest BCUT2D eigenvalue weighted by Gasteiger charge is -2.11. The molecule has 2 aromatic carbocycles. The first-order valence-electron chi connectivity index (χ1n) is 8.02. The van der Waals surface area contributed by atoms with Gasteiger partial charge in [0, 0.05) is 24.0 Å². The van der Waals surface area contributed by atoms with E-state index in [1.165, 1.54) is 6.08 Å². The van der Waals surface area contributed by atoms with Gasteiger partial charge in [-0.3, -0.25) is 4.98 Å². The number of methoxy groups -OCH3 is 1. The minimum atomic E-state index is -0.383. The molecule has 25 heavy (non-hydrogen) atoms. The van der Waals surface area contributed by atoms with Crippen molar-refractivity contribution in [3.05, 3.63) is 78.1 Å². The van der Waals surface area contributed by atoms with E-state index in [0.29, 0.717) is 0 Å². The van der Waals surface area contributed by atoms with Crippen molar-refractivity contribution in [3.63, 3.8) is 0 Å². The van der Waals surface area contributed by atoms with E-state index in [2.05, 4.69) is 4.98 Å². The van der Waals surface area contributed by atoms with Crippen LogP contribution in [-0.4, -0.2) is 18.1 Å². The lowest BCUT2D eigenvalue weighted by atomic mass is 10.1. The molecule has 0 aliphatic heterocycles. The number of esters is 1. The zero-order valence-electron chi connectivity index (χ0n) is 14.2. The van der Waals surface area contributed by atoms with Crippen LogP contribution < -0.4 is 4.74 Å². The first kappa shape index (κ1) is 16.7. The summed E-state index contributed by atoms with van der Waals surface area (Å²) >= 11 is 0. The van der Waals surface area contributed by atoms with Crippen molar-refractivity contribution in [2.24, 2.45) is 0 Å². The molecule has 126 valence electrons. The molecule has 1 aromatic heterocycles. The normalized spacial score (nSPS) is 12.2. The maximum atomic E-state index is 12.0. The number of carbonyl (C=O) groups excluding carboxylic acids is 1. The Morgan fingerprint density at radius 1 is 1.12 bits per heavy atom. The predicted molar refractivity (Wildman–Crippen MR) is 98.3 cm³/mol. The predicted octanol–water partition coefficient (Wildman–Crippen LogP) is 4.56. The van der Waals surface area contributed by atoms with Crippen LogP contribution in [-0.2, 0) is 9.53 Å². The summed E-state index contributed by atoms with van der Waals surface area (Å²) in [5.41, 5.74) is 1.80. The number of aromatic nitrogens is 1. The van der Waals surface area contributed by atoms with Crippen molar-refractivity contribution in [1.82, 2.24) is 4.98 Å². The van der Waals surface area contributed by atoms with E-state index < -0.39 is 0 Å². The third-order valence-electron chi connectivity index (χ3n) is 3.93. The maximum Gasteiger partial charge on any atom is 0.331 e. The smallest absolute Gasteiger partial charge is 0.331 e. The van der Waals surface area contributed by atoms with Gasteiger partial charge >= 0.3 is 5.97 Å². The van der Waals surface area contributed by atoms with Crippen molar-refractivity contribution in [3.8, 4) is 5.75 Å². The number of pyridine rings is 1. The maximum absolute atomic E-state index is 12.0. The van der Waals surface area contributed by atoms with Gasteiger partial charge in [0.15, 0.2) is 0 Å². The van der Waals surface area contributed by atoms with Crippen molar-refractivity contribution in [1.29, 1.82) is 0 Å². The van der Waals surface area contributed by atoms with Crippen LogP contribution in [0.25, 0.3) is 16.8 Å². The number of fused-ring (bicyclic) bond motifs is 1. The van der Waals surface area contributed by atoms with Crippen molar-refractivity contribution < 1.29 is 14.3 Å². The molecule has 0 spiro atoms. The molecule has 4 heteroatoms. The monoisotopic (exact) mass is 333 g/mol. The van der Waals surface area contributed by atoms with Crippen molar-refractivity contribution in [2.45, 2.75) is 13.0 Å². The minimum absolute atomic E-state index is 0.338. The number of hydrogen-bond donors (Lipinski definition) is 0. The molecule has 4 nitrogen and oxygen atoms in total. The van der Waals surface area contributed by atoms with Crippen LogP contribution in [0.5, 0.6) is 5.75 Å². The summed E-state index contributed by atoms with van der Waals surface area (Å²) in [7, 11) is 1.65. The summed E-state index contributed by atoms with van der Waals surface area (Å²) in [6.07, 6.45) is 6.24. The minimum Gasteiger partial charge on any atom is -0.497 e. The standard InChI is InChI=1S/C21H19NO3/c1-15(19-4-3-11-22-14-19)25-21(23)10-6-16-5-7-18-13-20(24-2)9-8-17(18)12-16/h3-15H,1-2H3/b10-6+. The van der Waals surface area contributed by atoms with Gasteiger partial charge in [-0.2, -0.15) is 0 Å². The lowest BCUT2D eigenvalue weighted by molar-refractivity contribution is -0.142. The first-order valence-corrected chi connectivity index (χ1v) is 8.02. The van der Waals surface area contributed by atoms with Gasteiger partial charge in [-0.1, -0.05) is 24.3 Å². The summed E-state index contributed by atoms with van der Waals surface area (Å²) in [5.74, 6) is 0.440. The second-order valence-corrected chi connectivity index (χ2v) is 5.67. The van der Waals surface area contributed by atoms with E-state index in [1.807, 2.05) is 55.5 Å². The van der Waals surface area contributed by atoms with E-state index in [0.717, 1.165) is 27.6 Å². The molecule has 0 saturated heterocycles. The fourth-order valence-corrected chi connectivity index (χ4v) is 2.54. The quantitative estimate of drug-likeness (QED) is 0.507. The topological polar surface area (TPSA) is 48.4 Å². The van der Waals surface area contributed by atoms with Crippen LogP contribution in [0, 0.1) is 0 Å². The molecular formula is C21H19NO3. The van der Waals surface area contributed by atoms with Crippen LogP contribution in [0.4, 0.5) is 0 Å². The molecule has 0 bridgehead atoms. The summed E-state index contributed by atoms with van der Waals surface area (Å²) < 4.78 is 10.6. The lowest BCUT2D eigenvalue weighted by Crippen LogP contribution is -2.06. The largest absolute Gasteiger partial charge is 0.497 e. The summed E-state index contributed by atoms with van der Waals surface area (Å²) in [5, 5.41) is 2.17. The average Bonchev–Trinajstić information content (AvgIpc) is 2.66. The van der Waals surface area contributed by atoms with Gasteiger partial charge in [-0.05, 0) is 53.6 Å². The average molecular weight is 333 g/mol. The van der Waals surface area contributed by atoms with Crippen LogP contribution in [0.2, 0.25) is 0 Å². The fourth-order valence-electron chi connectivity index (χ4n) is 2.54. The molecule has 0 amide bonds. The number of hydrogen-bond acceptors (Lipinski definition) is 4. The summed E-state index contributed by atoms with van der Waals surface area (Å²) in [6, 6.07) is 15.6. The molecule has 3 rings (SSSR count). The molecule has 1 unspecified atom stereocenters.